The molecule has 2 bridgehead atoms. The zero-order valence-electron chi connectivity index (χ0n) is 9.14. The average molecular weight is 290 g/mol. The number of ether oxygens (including phenoxy) is 1. The van der Waals surface area contributed by atoms with Gasteiger partial charge in [-0.25, -0.2) is 0 Å². The molecule has 9 heteroatoms. The minimum Gasteiger partial charge on any atom is -0.393 e. The second-order valence-electron chi connectivity index (χ2n) is 4.28. The van der Waals surface area contributed by atoms with Crippen molar-refractivity contribution in [1.29, 1.82) is 0 Å². The fourth-order valence-electron chi connectivity index (χ4n) is 2.45. The maximum Gasteiger partial charge on any atom is 0.416 e. The van der Waals surface area contributed by atoms with Crippen LogP contribution in [0.15, 0.2) is 23.3 Å². The van der Waals surface area contributed by atoms with Crippen molar-refractivity contribution in [2.75, 3.05) is 13.2 Å². The van der Waals surface area contributed by atoms with Gasteiger partial charge in [-0.15, -0.1) is 0 Å². The summed E-state index contributed by atoms with van der Waals surface area (Å²) >= 11 is 0. The molecule has 0 aromatic rings. The van der Waals surface area contributed by atoms with Crippen LogP contribution in [0.3, 0.4) is 0 Å². The Morgan fingerprint density at radius 1 is 0.842 bits per heavy atom. The van der Waals surface area contributed by atoms with E-state index in [4.69, 9.17) is 14.9 Å². The summed E-state index contributed by atoms with van der Waals surface area (Å²) in [4.78, 5) is 0. The minimum atomic E-state index is -5.34. The number of hydrogen-bond donors (Lipinski definition) is 2. The molecule has 2 aliphatic rings. The molecular formula is C10H8F6O3. The van der Waals surface area contributed by atoms with Gasteiger partial charge >= 0.3 is 12.4 Å². The number of aliphatic hydroxyl groups is 2. The summed E-state index contributed by atoms with van der Waals surface area (Å²) in [7, 11) is 0. The lowest BCUT2D eigenvalue weighted by Crippen LogP contribution is -2.39. The van der Waals surface area contributed by atoms with Crippen LogP contribution in [0.25, 0.3) is 0 Å². The lowest BCUT2D eigenvalue weighted by Gasteiger charge is -2.26. The molecule has 0 saturated carbocycles. The molecule has 2 aliphatic heterocycles. The van der Waals surface area contributed by atoms with Crippen molar-refractivity contribution in [3.05, 3.63) is 23.3 Å². The van der Waals surface area contributed by atoms with Crippen LogP contribution >= 0.6 is 0 Å². The summed E-state index contributed by atoms with van der Waals surface area (Å²) in [5.41, 5.74) is -9.23. The smallest absolute Gasteiger partial charge is 0.393 e. The number of halogens is 6. The quantitative estimate of drug-likeness (QED) is 0.598. The minimum absolute atomic E-state index is 0.696. The van der Waals surface area contributed by atoms with Crippen molar-refractivity contribution in [3.63, 3.8) is 0 Å². The Balaban J connectivity index is 2.75. The maximum atomic E-state index is 12.9. The summed E-state index contributed by atoms with van der Waals surface area (Å²) < 4.78 is 81.9. The van der Waals surface area contributed by atoms with Crippen molar-refractivity contribution in [2.45, 2.75) is 23.6 Å². The van der Waals surface area contributed by atoms with Crippen LogP contribution in [-0.2, 0) is 4.74 Å². The van der Waals surface area contributed by atoms with Crippen LogP contribution in [0.1, 0.15) is 0 Å². The van der Waals surface area contributed by atoms with Gasteiger partial charge in [0.25, 0.3) is 0 Å². The molecule has 2 N–H and O–H groups in total. The number of aliphatic hydroxyl groups excluding tert-OH is 2. The van der Waals surface area contributed by atoms with Crippen LogP contribution in [0.2, 0.25) is 0 Å². The molecule has 2 heterocycles. The predicted molar refractivity (Wildman–Crippen MR) is 49.0 cm³/mol. The van der Waals surface area contributed by atoms with E-state index in [2.05, 4.69) is 0 Å². The van der Waals surface area contributed by atoms with Gasteiger partial charge in [0, 0.05) is 0 Å². The van der Waals surface area contributed by atoms with E-state index in [1.54, 1.807) is 0 Å². The molecule has 0 aromatic carbocycles. The van der Waals surface area contributed by atoms with Crippen molar-refractivity contribution in [3.8, 4) is 0 Å². The van der Waals surface area contributed by atoms with Gasteiger partial charge in [-0.05, 0) is 12.2 Å². The van der Waals surface area contributed by atoms with Gasteiger partial charge in [0.05, 0.1) is 24.4 Å². The Labute approximate surface area is 102 Å². The van der Waals surface area contributed by atoms with Gasteiger partial charge in [-0.1, -0.05) is 0 Å². The highest BCUT2D eigenvalue weighted by molar-refractivity contribution is 5.54. The van der Waals surface area contributed by atoms with Crippen molar-refractivity contribution in [1.82, 2.24) is 0 Å². The lowest BCUT2D eigenvalue weighted by molar-refractivity contribution is -0.135. The molecule has 108 valence electrons. The molecule has 0 aromatic heterocycles. The summed E-state index contributed by atoms with van der Waals surface area (Å²) in [6.07, 6.45) is -9.28. The Hall–Kier alpha value is -1.06. The van der Waals surface area contributed by atoms with E-state index in [1.165, 1.54) is 0 Å². The van der Waals surface area contributed by atoms with Crippen molar-refractivity contribution < 1.29 is 41.3 Å². The predicted octanol–water partition coefficient (Wildman–Crippen LogP) is 1.47. The molecule has 19 heavy (non-hydrogen) atoms. The molecule has 3 nitrogen and oxygen atoms in total. The van der Waals surface area contributed by atoms with Gasteiger partial charge < -0.3 is 14.9 Å². The highest BCUT2D eigenvalue weighted by Gasteiger charge is 2.69. The van der Waals surface area contributed by atoms with Crippen LogP contribution in [0, 0.1) is 0 Å². The third kappa shape index (κ3) is 1.79. The van der Waals surface area contributed by atoms with Crippen LogP contribution in [0.5, 0.6) is 0 Å². The van der Waals surface area contributed by atoms with Gasteiger partial charge in [-0.3, -0.25) is 0 Å². The Kier molecular flexibility index (Phi) is 2.82. The van der Waals surface area contributed by atoms with Gasteiger partial charge in [0.2, 0.25) is 0 Å². The summed E-state index contributed by atoms with van der Waals surface area (Å²) in [5, 5.41) is 18.0. The van der Waals surface area contributed by atoms with E-state index in [0.717, 1.165) is 0 Å². The zero-order valence-corrected chi connectivity index (χ0v) is 9.14. The highest BCUT2D eigenvalue weighted by Crippen LogP contribution is 2.58. The molecular weight excluding hydrogens is 282 g/mol. The first-order valence-corrected chi connectivity index (χ1v) is 5.04. The van der Waals surface area contributed by atoms with E-state index >= 15 is 0 Å². The Morgan fingerprint density at radius 3 is 1.37 bits per heavy atom. The third-order valence-electron chi connectivity index (χ3n) is 3.12. The molecule has 2 atom stereocenters. The topological polar surface area (TPSA) is 49.7 Å². The normalized spacial score (nSPS) is 34.5. The molecule has 0 aliphatic carbocycles. The summed E-state index contributed by atoms with van der Waals surface area (Å²) in [6, 6.07) is 0. The van der Waals surface area contributed by atoms with Gasteiger partial charge in [-0.2, -0.15) is 26.3 Å². The summed E-state index contributed by atoms with van der Waals surface area (Å²) in [5.74, 6) is 0. The average Bonchev–Trinajstić information content (AvgIpc) is 2.79. The lowest BCUT2D eigenvalue weighted by atomic mass is 9.81. The fraction of sp³-hybridized carbons (Fsp3) is 0.600. The fourth-order valence-corrected chi connectivity index (χ4v) is 2.45. The first-order chi connectivity index (χ1) is 8.52. The highest BCUT2D eigenvalue weighted by atomic mass is 19.4. The van der Waals surface area contributed by atoms with E-state index in [9.17, 15) is 26.3 Å². The van der Waals surface area contributed by atoms with E-state index < -0.39 is 47.9 Å². The second-order valence-corrected chi connectivity index (χ2v) is 4.28. The maximum absolute atomic E-state index is 12.9. The number of fused-ring (bicyclic) bond motifs is 2. The molecule has 0 radical (unpaired) electrons. The number of alkyl halides is 6. The first-order valence-electron chi connectivity index (χ1n) is 5.04. The molecule has 2 rings (SSSR count). The zero-order chi connectivity index (χ0) is 14.7. The Morgan fingerprint density at radius 2 is 1.16 bits per heavy atom. The first kappa shape index (κ1) is 14.4. The van der Waals surface area contributed by atoms with Crippen LogP contribution in [-0.4, -0.2) is 47.0 Å². The SMILES string of the molecule is OCC12C=CC(CO)(O1)C(C(F)(F)F)=C2C(F)(F)F. The van der Waals surface area contributed by atoms with E-state index in [0.29, 0.717) is 12.2 Å². The molecule has 0 saturated heterocycles. The molecule has 0 spiro atoms. The van der Waals surface area contributed by atoms with Gasteiger partial charge in [0.15, 0.2) is 0 Å². The number of rotatable bonds is 2. The Bertz CT molecular complexity index is 423. The molecule has 2 unspecified atom stereocenters. The van der Waals surface area contributed by atoms with E-state index in [1.807, 2.05) is 0 Å². The third-order valence-corrected chi connectivity index (χ3v) is 3.12. The molecule has 0 fully saturated rings. The monoisotopic (exact) mass is 290 g/mol. The molecule has 0 amide bonds. The van der Waals surface area contributed by atoms with Crippen molar-refractivity contribution in [2.24, 2.45) is 0 Å². The van der Waals surface area contributed by atoms with Gasteiger partial charge in [0.1, 0.15) is 11.2 Å². The van der Waals surface area contributed by atoms with E-state index in [-0.39, 0.29) is 0 Å². The standard InChI is InChI=1S/C10H8F6O3/c11-9(12,13)5-6(10(14,15)16)8(4-18)2-1-7(5,3-17)19-8/h1-2,17-18H,3-4H2. The van der Waals surface area contributed by atoms with Crippen molar-refractivity contribution >= 4 is 0 Å². The van der Waals surface area contributed by atoms with Crippen LogP contribution in [0.4, 0.5) is 26.3 Å². The largest absolute Gasteiger partial charge is 0.416 e. The number of hydrogen-bond acceptors (Lipinski definition) is 3. The van der Waals surface area contributed by atoms with Crippen LogP contribution < -0.4 is 0 Å². The summed E-state index contributed by atoms with van der Waals surface area (Å²) in [6.45, 7) is -2.61. The second kappa shape index (κ2) is 3.74.